The fourth-order valence-electron chi connectivity index (χ4n) is 2.97. The molecule has 2 rings (SSSR count). The molecule has 1 aliphatic rings. The Morgan fingerprint density at radius 3 is 2.33 bits per heavy atom. The lowest BCUT2D eigenvalue weighted by molar-refractivity contribution is -0.127. The molecule has 1 aromatic carbocycles. The monoisotopic (exact) mass is 334 g/mol. The van der Waals surface area contributed by atoms with E-state index in [4.69, 9.17) is 9.47 Å². The standard InChI is InChI=1S/C19H30N2O3/c1-15(24-17-10-8-16(23-4)9-11-17)18(22)20-14-19(2,3)21-12-6-5-7-13-21/h8-11,15H,5-7,12-14H2,1-4H3,(H,20,22)/t15-/m1/s1. The molecule has 0 bridgehead atoms. The van der Waals surface area contributed by atoms with E-state index in [0.717, 1.165) is 18.8 Å². The highest BCUT2D eigenvalue weighted by Crippen LogP contribution is 2.20. The van der Waals surface area contributed by atoms with Gasteiger partial charge < -0.3 is 14.8 Å². The van der Waals surface area contributed by atoms with E-state index in [1.165, 1.54) is 19.3 Å². The molecule has 5 heteroatoms. The lowest BCUT2D eigenvalue weighted by Crippen LogP contribution is -2.54. The van der Waals surface area contributed by atoms with Crippen molar-refractivity contribution < 1.29 is 14.3 Å². The normalized spacial score (nSPS) is 17.2. The SMILES string of the molecule is COc1ccc(O[C@H](C)C(=O)NCC(C)(C)N2CCCCC2)cc1. The number of amides is 1. The van der Waals surface area contributed by atoms with E-state index < -0.39 is 6.10 Å². The van der Waals surface area contributed by atoms with Gasteiger partial charge in [-0.1, -0.05) is 6.42 Å². The maximum Gasteiger partial charge on any atom is 0.260 e. The fourth-order valence-corrected chi connectivity index (χ4v) is 2.97. The Balaban J connectivity index is 1.81. The highest BCUT2D eigenvalue weighted by Gasteiger charge is 2.29. The quantitative estimate of drug-likeness (QED) is 0.833. The number of benzene rings is 1. The summed E-state index contributed by atoms with van der Waals surface area (Å²) in [5, 5.41) is 3.03. The number of piperidine rings is 1. The van der Waals surface area contributed by atoms with Crippen LogP contribution in [0.25, 0.3) is 0 Å². The molecule has 0 radical (unpaired) electrons. The molecule has 0 unspecified atom stereocenters. The predicted molar refractivity (Wildman–Crippen MR) is 95.6 cm³/mol. The third-order valence-corrected chi connectivity index (χ3v) is 4.65. The average Bonchev–Trinajstić information content (AvgIpc) is 2.61. The van der Waals surface area contributed by atoms with Gasteiger partial charge in [-0.25, -0.2) is 0 Å². The zero-order valence-electron chi connectivity index (χ0n) is 15.3. The van der Waals surface area contributed by atoms with Crippen LogP contribution < -0.4 is 14.8 Å². The topological polar surface area (TPSA) is 50.8 Å². The smallest absolute Gasteiger partial charge is 0.260 e. The van der Waals surface area contributed by atoms with E-state index in [1.807, 2.05) is 12.1 Å². The first-order chi connectivity index (χ1) is 11.4. The Labute approximate surface area is 145 Å². The summed E-state index contributed by atoms with van der Waals surface area (Å²) in [7, 11) is 1.62. The summed E-state index contributed by atoms with van der Waals surface area (Å²) < 4.78 is 10.8. The Morgan fingerprint density at radius 2 is 1.75 bits per heavy atom. The first kappa shape index (κ1) is 18.6. The molecule has 1 fully saturated rings. The molecular formula is C19H30N2O3. The van der Waals surface area contributed by atoms with Crippen molar-refractivity contribution in [2.24, 2.45) is 0 Å². The third-order valence-electron chi connectivity index (χ3n) is 4.65. The average molecular weight is 334 g/mol. The number of methoxy groups -OCH3 is 1. The Morgan fingerprint density at radius 1 is 1.17 bits per heavy atom. The molecule has 134 valence electrons. The Bertz CT molecular complexity index is 522. The van der Waals surface area contributed by atoms with E-state index in [0.29, 0.717) is 12.3 Å². The largest absolute Gasteiger partial charge is 0.497 e. The summed E-state index contributed by atoms with van der Waals surface area (Å²) >= 11 is 0. The molecule has 0 saturated carbocycles. The van der Waals surface area contributed by atoms with Gasteiger partial charge in [-0.15, -0.1) is 0 Å². The third kappa shape index (κ3) is 5.13. The minimum Gasteiger partial charge on any atom is -0.497 e. The van der Waals surface area contributed by atoms with Crippen molar-refractivity contribution in [3.63, 3.8) is 0 Å². The molecular weight excluding hydrogens is 304 g/mol. The van der Waals surface area contributed by atoms with Gasteiger partial charge in [0.05, 0.1) is 7.11 Å². The van der Waals surface area contributed by atoms with Gasteiger partial charge >= 0.3 is 0 Å². The van der Waals surface area contributed by atoms with Crippen LogP contribution in [0.5, 0.6) is 11.5 Å². The number of nitrogens with one attached hydrogen (secondary N) is 1. The van der Waals surface area contributed by atoms with E-state index in [9.17, 15) is 4.79 Å². The lowest BCUT2D eigenvalue weighted by atomic mass is 9.98. The molecule has 1 saturated heterocycles. The van der Waals surface area contributed by atoms with Gasteiger partial charge in [0, 0.05) is 12.1 Å². The number of ether oxygens (including phenoxy) is 2. The number of likely N-dealkylation sites (tertiary alicyclic amines) is 1. The maximum absolute atomic E-state index is 12.3. The molecule has 1 aliphatic heterocycles. The molecule has 0 spiro atoms. The number of hydrogen-bond donors (Lipinski definition) is 1. The van der Waals surface area contributed by atoms with Crippen LogP contribution in [0.4, 0.5) is 0 Å². The van der Waals surface area contributed by atoms with Crippen LogP contribution in [0.3, 0.4) is 0 Å². The molecule has 1 N–H and O–H groups in total. The van der Waals surface area contributed by atoms with Crippen LogP contribution in [0.2, 0.25) is 0 Å². The minimum absolute atomic E-state index is 0.0318. The zero-order chi connectivity index (χ0) is 17.6. The molecule has 1 aromatic rings. The number of hydrogen-bond acceptors (Lipinski definition) is 4. The maximum atomic E-state index is 12.3. The van der Waals surface area contributed by atoms with Crippen LogP contribution >= 0.6 is 0 Å². The van der Waals surface area contributed by atoms with Crippen molar-refractivity contribution in [2.75, 3.05) is 26.7 Å². The second kappa shape index (κ2) is 8.38. The van der Waals surface area contributed by atoms with Crippen LogP contribution in [-0.2, 0) is 4.79 Å². The van der Waals surface area contributed by atoms with Gasteiger partial charge in [-0.2, -0.15) is 0 Å². The van der Waals surface area contributed by atoms with Crippen LogP contribution in [0.1, 0.15) is 40.0 Å². The van der Waals surface area contributed by atoms with Crippen LogP contribution in [-0.4, -0.2) is 49.2 Å². The Kier molecular flexibility index (Phi) is 6.49. The molecule has 5 nitrogen and oxygen atoms in total. The Hall–Kier alpha value is -1.75. The first-order valence-electron chi connectivity index (χ1n) is 8.76. The number of nitrogens with zero attached hydrogens (tertiary/aromatic N) is 1. The summed E-state index contributed by atoms with van der Waals surface area (Å²) in [4.78, 5) is 14.8. The second-order valence-electron chi connectivity index (χ2n) is 7.01. The first-order valence-corrected chi connectivity index (χ1v) is 8.76. The molecule has 1 heterocycles. The zero-order valence-corrected chi connectivity index (χ0v) is 15.3. The second-order valence-corrected chi connectivity index (χ2v) is 7.01. The molecule has 0 aromatic heterocycles. The molecule has 24 heavy (non-hydrogen) atoms. The van der Waals surface area contributed by atoms with Gasteiger partial charge in [-0.3, -0.25) is 9.69 Å². The van der Waals surface area contributed by atoms with Crippen molar-refractivity contribution in [2.45, 2.75) is 51.7 Å². The summed E-state index contributed by atoms with van der Waals surface area (Å²) in [5.41, 5.74) is -0.0318. The van der Waals surface area contributed by atoms with E-state index in [2.05, 4.69) is 24.1 Å². The van der Waals surface area contributed by atoms with Crippen molar-refractivity contribution in [3.8, 4) is 11.5 Å². The number of rotatable bonds is 7. The summed E-state index contributed by atoms with van der Waals surface area (Å²) in [6.07, 6.45) is 3.27. The molecule has 0 aliphatic carbocycles. The number of carbonyl (C=O) groups excluding carboxylic acids is 1. The highest BCUT2D eigenvalue weighted by atomic mass is 16.5. The van der Waals surface area contributed by atoms with E-state index in [-0.39, 0.29) is 11.4 Å². The number of carbonyl (C=O) groups is 1. The summed E-state index contributed by atoms with van der Waals surface area (Å²) in [6, 6.07) is 7.25. The van der Waals surface area contributed by atoms with Gasteiger partial charge in [0.2, 0.25) is 0 Å². The van der Waals surface area contributed by atoms with Gasteiger partial charge in [0.15, 0.2) is 6.10 Å². The van der Waals surface area contributed by atoms with E-state index >= 15 is 0 Å². The highest BCUT2D eigenvalue weighted by molar-refractivity contribution is 5.80. The molecule has 1 amide bonds. The van der Waals surface area contributed by atoms with Gasteiger partial charge in [0.25, 0.3) is 5.91 Å². The predicted octanol–water partition coefficient (Wildman–Crippen LogP) is 2.84. The van der Waals surface area contributed by atoms with Crippen molar-refractivity contribution in [1.29, 1.82) is 0 Å². The van der Waals surface area contributed by atoms with Crippen LogP contribution in [0, 0.1) is 0 Å². The molecule has 1 atom stereocenters. The van der Waals surface area contributed by atoms with Crippen molar-refractivity contribution in [1.82, 2.24) is 10.2 Å². The van der Waals surface area contributed by atoms with Crippen molar-refractivity contribution in [3.05, 3.63) is 24.3 Å². The summed E-state index contributed by atoms with van der Waals surface area (Å²) in [5.74, 6) is 1.34. The fraction of sp³-hybridized carbons (Fsp3) is 0.632. The van der Waals surface area contributed by atoms with Gasteiger partial charge in [-0.05, 0) is 71.0 Å². The summed E-state index contributed by atoms with van der Waals surface area (Å²) in [6.45, 7) is 9.00. The van der Waals surface area contributed by atoms with Gasteiger partial charge in [0.1, 0.15) is 11.5 Å². The lowest BCUT2D eigenvalue weighted by Gasteiger charge is -2.41. The van der Waals surface area contributed by atoms with Crippen molar-refractivity contribution >= 4 is 5.91 Å². The minimum atomic E-state index is -0.532. The van der Waals surface area contributed by atoms with E-state index in [1.54, 1.807) is 26.2 Å². The van der Waals surface area contributed by atoms with Crippen LogP contribution in [0.15, 0.2) is 24.3 Å².